The number of halogens is 1. The Bertz CT molecular complexity index is 1360. The number of hydrogen-bond acceptors (Lipinski definition) is 11. The van der Waals surface area contributed by atoms with E-state index in [2.05, 4.69) is 5.92 Å². The number of benzene rings is 1. The Hall–Kier alpha value is -3.31. The molecule has 15 heteroatoms. The lowest BCUT2D eigenvalue weighted by molar-refractivity contribution is -0.156. The Morgan fingerprint density at radius 2 is 2.00 bits per heavy atom. The van der Waals surface area contributed by atoms with Gasteiger partial charge in [0.05, 0.1) is 18.9 Å². The zero-order valence-corrected chi connectivity index (χ0v) is 21.5. The number of aliphatic hydroxyl groups excluding tert-OH is 1. The van der Waals surface area contributed by atoms with Crippen LogP contribution in [0.1, 0.15) is 27.0 Å². The number of nitrogens with one attached hydrogen (secondary N) is 1. The largest absolute Gasteiger partial charge is 0.530 e. The molecular formula is C23H27FN3O10P. The molecule has 206 valence electrons. The first-order valence-electron chi connectivity index (χ1n) is 11.3. The molecule has 13 nitrogen and oxygen atoms in total. The van der Waals surface area contributed by atoms with Crippen LogP contribution in [0.4, 0.5) is 4.39 Å². The third-order valence-electron chi connectivity index (χ3n) is 5.31. The lowest BCUT2D eigenvalue weighted by Crippen LogP contribution is -2.55. The Morgan fingerprint density at radius 3 is 2.61 bits per heavy atom. The number of aliphatic hydroxyl groups is 1. The van der Waals surface area contributed by atoms with E-state index >= 15 is 0 Å². The van der Waals surface area contributed by atoms with Gasteiger partial charge in [0.25, 0.3) is 5.56 Å². The molecule has 1 aliphatic rings. The summed E-state index contributed by atoms with van der Waals surface area (Å²) < 4.78 is 54.8. The molecule has 0 unspecified atom stereocenters. The minimum absolute atomic E-state index is 0.0677. The second-order valence-electron chi connectivity index (χ2n) is 8.57. The fraction of sp³-hybridized carbons (Fsp3) is 0.435. The number of phosphoric ester groups is 1. The Balaban J connectivity index is 1.86. The molecular weight excluding hydrogens is 528 g/mol. The van der Waals surface area contributed by atoms with E-state index in [9.17, 15) is 28.4 Å². The Labute approximate surface area is 216 Å². The molecule has 0 amide bonds. The van der Waals surface area contributed by atoms with E-state index < -0.39 is 73.6 Å². The molecule has 6 atom stereocenters. The summed E-state index contributed by atoms with van der Waals surface area (Å²) >= 11 is 0. The van der Waals surface area contributed by atoms with Crippen LogP contribution >= 0.6 is 7.82 Å². The quantitative estimate of drug-likeness (QED) is 0.215. The predicted molar refractivity (Wildman–Crippen MR) is 129 cm³/mol. The van der Waals surface area contributed by atoms with Gasteiger partial charge in [-0.15, -0.1) is 6.42 Å². The summed E-state index contributed by atoms with van der Waals surface area (Å²) in [5.74, 6) is 0.00303. The van der Waals surface area contributed by atoms with Crippen molar-refractivity contribution < 1.29 is 41.9 Å². The number of H-pyrrole nitrogens is 1. The number of terminal acetylenes is 1. The van der Waals surface area contributed by atoms with Crippen molar-refractivity contribution in [2.24, 2.45) is 5.73 Å². The second-order valence-corrected chi connectivity index (χ2v) is 10.1. The first kappa shape index (κ1) is 29.2. The van der Waals surface area contributed by atoms with Gasteiger partial charge in [0.15, 0.2) is 17.9 Å². The van der Waals surface area contributed by atoms with Gasteiger partial charge in [-0.25, -0.2) is 14.2 Å². The molecule has 1 aromatic heterocycles. The minimum Gasteiger partial charge on any atom is -0.461 e. The fourth-order valence-electron chi connectivity index (χ4n) is 3.44. The van der Waals surface area contributed by atoms with Crippen molar-refractivity contribution in [3.63, 3.8) is 0 Å². The summed E-state index contributed by atoms with van der Waals surface area (Å²) in [6.07, 6.45) is -0.705. The Morgan fingerprint density at radius 1 is 1.34 bits per heavy atom. The van der Waals surface area contributed by atoms with Crippen LogP contribution in [0.15, 0.2) is 46.1 Å². The van der Waals surface area contributed by atoms with Crippen LogP contribution < -0.4 is 21.5 Å². The van der Waals surface area contributed by atoms with Crippen molar-refractivity contribution in [1.82, 2.24) is 9.55 Å². The van der Waals surface area contributed by atoms with Crippen molar-refractivity contribution in [2.75, 3.05) is 6.61 Å². The first-order chi connectivity index (χ1) is 17.8. The van der Waals surface area contributed by atoms with E-state index in [1.165, 1.54) is 19.1 Å². The molecule has 1 saturated heterocycles. The van der Waals surface area contributed by atoms with Crippen molar-refractivity contribution in [3.8, 4) is 18.1 Å². The van der Waals surface area contributed by atoms with Crippen LogP contribution in [0.5, 0.6) is 5.75 Å². The van der Waals surface area contributed by atoms with Gasteiger partial charge in [0.2, 0.25) is 5.82 Å². The van der Waals surface area contributed by atoms with Crippen molar-refractivity contribution >= 4 is 13.8 Å². The molecule has 0 saturated carbocycles. The van der Waals surface area contributed by atoms with Gasteiger partial charge >= 0.3 is 19.5 Å². The summed E-state index contributed by atoms with van der Waals surface area (Å²) in [4.78, 5) is 37.6. The summed E-state index contributed by atoms with van der Waals surface area (Å²) in [7, 11) is -4.60. The van der Waals surface area contributed by atoms with Crippen molar-refractivity contribution in [2.45, 2.75) is 57.0 Å². The zero-order valence-electron chi connectivity index (χ0n) is 20.6. The standard InChI is InChI=1S/C23H27FN3O10P/c1-5-23(25)18(28)17(35-21(23)27-11-16(24)19(29)26-22(27)31)12-33-38(32,37-15-9-7-6-8-10-15)36-14(4)20(30)34-13(2)3/h1,6-11,13-14,17-18,21,28H,12,25H2,2-4H3,(H,26,29,31)/t14-,17+,18-,21+,23+,38-/m0/s1. The summed E-state index contributed by atoms with van der Waals surface area (Å²) in [5.41, 5.74) is 1.62. The van der Waals surface area contributed by atoms with Gasteiger partial charge in [-0.2, -0.15) is 4.39 Å². The molecule has 1 aromatic carbocycles. The number of carbonyl (C=O) groups excluding carboxylic acids is 1. The molecule has 0 spiro atoms. The molecule has 1 aliphatic heterocycles. The molecule has 2 aromatic rings. The van der Waals surface area contributed by atoms with Crippen LogP contribution in [0, 0.1) is 18.2 Å². The number of carbonyl (C=O) groups is 1. The number of nitrogens with two attached hydrogens (primary N) is 1. The highest BCUT2D eigenvalue weighted by molar-refractivity contribution is 7.49. The van der Waals surface area contributed by atoms with Crippen LogP contribution in [0.25, 0.3) is 0 Å². The lowest BCUT2D eigenvalue weighted by atomic mass is 9.92. The number of phosphoric acid groups is 1. The SMILES string of the molecule is C#C[C@@]1(N)[C@@H](O)[C@@H](CO[P@](=O)(Oc2ccccc2)O[C@@H](C)C(=O)OC(C)C)O[C@H]1n1cc(F)c(=O)[nH]c1=O. The summed E-state index contributed by atoms with van der Waals surface area (Å²) in [5, 5.41) is 10.8. The molecule has 1 fully saturated rings. The first-order valence-corrected chi connectivity index (χ1v) is 12.7. The van der Waals surface area contributed by atoms with Crippen molar-refractivity contribution in [3.05, 3.63) is 63.2 Å². The monoisotopic (exact) mass is 555 g/mol. The third-order valence-corrected chi connectivity index (χ3v) is 6.78. The maximum atomic E-state index is 13.9. The maximum absolute atomic E-state index is 13.9. The van der Waals surface area contributed by atoms with Gasteiger partial charge in [-0.05, 0) is 32.9 Å². The van der Waals surface area contributed by atoms with Gasteiger partial charge in [-0.3, -0.25) is 23.4 Å². The van der Waals surface area contributed by atoms with Gasteiger partial charge in [-0.1, -0.05) is 24.1 Å². The molecule has 0 radical (unpaired) electrons. The highest BCUT2D eigenvalue weighted by Gasteiger charge is 2.55. The van der Waals surface area contributed by atoms with Gasteiger partial charge < -0.3 is 24.8 Å². The van der Waals surface area contributed by atoms with Crippen LogP contribution in [0.2, 0.25) is 0 Å². The van der Waals surface area contributed by atoms with Crippen molar-refractivity contribution in [1.29, 1.82) is 0 Å². The maximum Gasteiger partial charge on any atom is 0.530 e. The van der Waals surface area contributed by atoms with E-state index in [1.54, 1.807) is 37.0 Å². The van der Waals surface area contributed by atoms with E-state index in [1.807, 2.05) is 0 Å². The fourth-order valence-corrected chi connectivity index (χ4v) is 4.78. The normalized spacial score (nSPS) is 25.4. The average Bonchev–Trinajstić information content (AvgIpc) is 3.10. The van der Waals surface area contributed by atoms with E-state index in [0.29, 0.717) is 10.8 Å². The minimum atomic E-state index is -4.60. The smallest absolute Gasteiger partial charge is 0.461 e. The number of esters is 1. The van der Waals surface area contributed by atoms with Gasteiger partial charge in [0, 0.05) is 0 Å². The molecule has 3 rings (SSSR count). The van der Waals surface area contributed by atoms with Crippen LogP contribution in [0.3, 0.4) is 0 Å². The average molecular weight is 555 g/mol. The lowest BCUT2D eigenvalue weighted by Gasteiger charge is -2.27. The van der Waals surface area contributed by atoms with E-state index in [4.69, 9.17) is 35.2 Å². The molecule has 0 aliphatic carbocycles. The van der Waals surface area contributed by atoms with Crippen LogP contribution in [-0.4, -0.2) is 57.2 Å². The number of aromatic nitrogens is 2. The third kappa shape index (κ3) is 6.39. The van der Waals surface area contributed by atoms with Gasteiger partial charge in [0.1, 0.15) is 18.0 Å². The number of hydrogen-bond donors (Lipinski definition) is 3. The number of rotatable bonds is 10. The number of ether oxygens (including phenoxy) is 2. The summed E-state index contributed by atoms with van der Waals surface area (Å²) in [6, 6.07) is 7.75. The topological polar surface area (TPSA) is 181 Å². The number of nitrogens with zero attached hydrogens (tertiary/aromatic N) is 1. The second kappa shape index (κ2) is 11.6. The summed E-state index contributed by atoms with van der Waals surface area (Å²) in [6.45, 7) is 3.77. The number of aromatic amines is 1. The predicted octanol–water partition coefficient (Wildman–Crippen LogP) is 0.825. The molecule has 0 bridgehead atoms. The molecule has 4 N–H and O–H groups in total. The van der Waals surface area contributed by atoms with E-state index in [-0.39, 0.29) is 5.75 Å². The van der Waals surface area contributed by atoms with E-state index in [0.717, 1.165) is 0 Å². The molecule has 38 heavy (non-hydrogen) atoms. The zero-order chi connectivity index (χ0) is 28.3. The van der Waals surface area contributed by atoms with Crippen LogP contribution in [-0.2, 0) is 27.9 Å². The Kier molecular flexibility index (Phi) is 8.94. The highest BCUT2D eigenvalue weighted by atomic mass is 31.2. The number of para-hydroxylation sites is 1. The molecule has 2 heterocycles. The highest BCUT2D eigenvalue weighted by Crippen LogP contribution is 2.51.